The summed E-state index contributed by atoms with van der Waals surface area (Å²) in [6.07, 6.45) is 15.0. The van der Waals surface area contributed by atoms with Crippen LogP contribution in [0.2, 0.25) is 0 Å². The summed E-state index contributed by atoms with van der Waals surface area (Å²) >= 11 is 0. The van der Waals surface area contributed by atoms with Crippen LogP contribution < -0.4 is 9.47 Å². The first-order valence-corrected chi connectivity index (χ1v) is 18.4. The van der Waals surface area contributed by atoms with Crippen LogP contribution in [0.3, 0.4) is 0 Å². The molecule has 3 aromatic carbocycles. The van der Waals surface area contributed by atoms with Crippen molar-refractivity contribution >= 4 is 0 Å². The molecule has 0 radical (unpaired) electrons. The Morgan fingerprint density at radius 3 is 2.23 bits per heavy atom. The molecule has 5 heteroatoms. The fraction of sp³-hybridized carbons (Fsp3) is 0.524. The minimum Gasteiger partial charge on any atom is -0.493 e. The zero-order chi connectivity index (χ0) is 32.3. The number of hydrogen-bond donors (Lipinski definition) is 1. The number of aryl methyl sites for hydroxylation is 2. The molecule has 4 aliphatic rings. The lowest BCUT2D eigenvalue weighted by atomic mass is 9.48. The average molecular weight is 635 g/mol. The molecule has 5 nitrogen and oxygen atoms in total. The van der Waals surface area contributed by atoms with E-state index in [0.717, 1.165) is 76.2 Å². The van der Waals surface area contributed by atoms with Gasteiger partial charge in [0.1, 0.15) is 6.10 Å². The predicted molar refractivity (Wildman–Crippen MR) is 191 cm³/mol. The Morgan fingerprint density at radius 1 is 0.894 bits per heavy atom. The van der Waals surface area contributed by atoms with E-state index in [1.54, 1.807) is 7.11 Å². The monoisotopic (exact) mass is 634 g/mol. The number of unbranched alkanes of at least 4 members (excludes halogenated alkanes) is 4. The standard InChI is InChI=1S/C42H54N2O3/c1-3-27-44-30-26-41-38-34-22-23-36(46-2)39(38)47-40(41)35(24-25-42(41,45)37(44)31-34)43(29-15-13-21-33-19-11-7-12-20-33)28-14-5-4-8-16-32-17-9-6-10-18-32/h3,6-7,9-12,17-20,22-23,35,37,40,45H,1,4-5,8,13-16,21,24-31H2,2H3/t35-,37-,40+,41+,42-/m1/s1. The van der Waals surface area contributed by atoms with E-state index >= 15 is 0 Å². The molecular formula is C42H54N2O3. The largest absolute Gasteiger partial charge is 0.493 e. The maximum atomic E-state index is 13.0. The molecule has 1 saturated heterocycles. The highest BCUT2D eigenvalue weighted by molar-refractivity contribution is 5.63. The number of ether oxygens (including phenoxy) is 2. The van der Waals surface area contributed by atoms with Gasteiger partial charge >= 0.3 is 0 Å². The molecule has 47 heavy (non-hydrogen) atoms. The van der Waals surface area contributed by atoms with Crippen LogP contribution in [0.5, 0.6) is 11.5 Å². The highest BCUT2D eigenvalue weighted by atomic mass is 16.5. The Bertz CT molecular complexity index is 1490. The lowest BCUT2D eigenvalue weighted by Gasteiger charge is -2.65. The van der Waals surface area contributed by atoms with Crippen LogP contribution in [-0.4, -0.2) is 72.0 Å². The summed E-state index contributed by atoms with van der Waals surface area (Å²) in [5.74, 6) is 1.72. The molecule has 3 aromatic rings. The zero-order valence-electron chi connectivity index (χ0n) is 28.4. The molecule has 0 unspecified atom stereocenters. The van der Waals surface area contributed by atoms with Gasteiger partial charge in [0, 0.05) is 24.2 Å². The Labute approximate surface area is 282 Å². The maximum absolute atomic E-state index is 13.0. The summed E-state index contributed by atoms with van der Waals surface area (Å²) in [5.41, 5.74) is 4.23. The third-order valence-corrected chi connectivity index (χ3v) is 12.1. The Balaban J connectivity index is 1.12. The molecule has 7 rings (SSSR count). The lowest BCUT2D eigenvalue weighted by Crippen LogP contribution is -2.78. The summed E-state index contributed by atoms with van der Waals surface area (Å²) in [5, 5.41) is 13.0. The van der Waals surface area contributed by atoms with E-state index in [1.165, 1.54) is 60.8 Å². The van der Waals surface area contributed by atoms with Crippen molar-refractivity contribution in [3.63, 3.8) is 0 Å². The van der Waals surface area contributed by atoms with E-state index < -0.39 is 11.0 Å². The van der Waals surface area contributed by atoms with E-state index in [0.29, 0.717) is 0 Å². The number of likely N-dealkylation sites (tertiary alicyclic amines) is 1. The van der Waals surface area contributed by atoms with Crippen LogP contribution in [0.15, 0.2) is 85.5 Å². The first kappa shape index (κ1) is 32.4. The fourth-order valence-corrected chi connectivity index (χ4v) is 9.89. The van der Waals surface area contributed by atoms with E-state index in [9.17, 15) is 5.11 Å². The van der Waals surface area contributed by atoms with Crippen molar-refractivity contribution < 1.29 is 14.6 Å². The highest BCUT2D eigenvalue weighted by Gasteiger charge is 2.73. The zero-order valence-corrected chi connectivity index (χ0v) is 28.4. The number of piperidine rings is 1. The molecule has 2 fully saturated rings. The summed E-state index contributed by atoms with van der Waals surface area (Å²) in [4.78, 5) is 5.26. The van der Waals surface area contributed by atoms with Gasteiger partial charge in [-0.1, -0.05) is 85.6 Å². The van der Waals surface area contributed by atoms with E-state index in [2.05, 4.69) is 89.2 Å². The van der Waals surface area contributed by atoms with Gasteiger partial charge in [0.15, 0.2) is 11.5 Å². The van der Waals surface area contributed by atoms with E-state index in [1.807, 2.05) is 6.08 Å². The average Bonchev–Trinajstić information content (AvgIpc) is 3.45. The summed E-state index contributed by atoms with van der Waals surface area (Å²) in [6, 6.07) is 26.5. The molecule has 2 aliphatic heterocycles. The van der Waals surface area contributed by atoms with Crippen molar-refractivity contribution in [1.82, 2.24) is 9.80 Å². The SMILES string of the molecule is C=CCN1CC[C@]23c4c5ccc(OC)c4O[C@H]2[C@H](N(CCCCCCc2ccccc2)CCCCc2ccccc2)CC[C@@]3(O)[C@H]1C5. The topological polar surface area (TPSA) is 45.2 Å². The summed E-state index contributed by atoms with van der Waals surface area (Å²) < 4.78 is 13.1. The number of rotatable bonds is 16. The van der Waals surface area contributed by atoms with Gasteiger partial charge in [-0.2, -0.15) is 0 Å². The Kier molecular flexibility index (Phi) is 9.77. The van der Waals surface area contributed by atoms with Crippen LogP contribution in [-0.2, 0) is 24.7 Å². The second kappa shape index (κ2) is 14.2. The summed E-state index contributed by atoms with van der Waals surface area (Å²) in [6.45, 7) is 7.99. The molecule has 1 saturated carbocycles. The van der Waals surface area contributed by atoms with Crippen LogP contribution >= 0.6 is 0 Å². The van der Waals surface area contributed by atoms with E-state index in [4.69, 9.17) is 9.47 Å². The van der Waals surface area contributed by atoms with Crippen LogP contribution in [0.1, 0.15) is 80.0 Å². The predicted octanol–water partition coefficient (Wildman–Crippen LogP) is 7.53. The third kappa shape index (κ3) is 5.94. The minimum atomic E-state index is -0.823. The van der Waals surface area contributed by atoms with Gasteiger partial charge in [-0.25, -0.2) is 0 Å². The van der Waals surface area contributed by atoms with Crippen molar-refractivity contribution in [1.29, 1.82) is 0 Å². The van der Waals surface area contributed by atoms with Gasteiger partial charge in [-0.15, -0.1) is 6.58 Å². The van der Waals surface area contributed by atoms with Gasteiger partial charge < -0.3 is 14.6 Å². The molecule has 0 aromatic heterocycles. The normalized spacial score (nSPS) is 27.3. The maximum Gasteiger partial charge on any atom is 0.165 e. The number of aliphatic hydroxyl groups is 1. The highest BCUT2D eigenvalue weighted by Crippen LogP contribution is 2.66. The minimum absolute atomic E-state index is 0.0767. The van der Waals surface area contributed by atoms with E-state index in [-0.39, 0.29) is 18.2 Å². The van der Waals surface area contributed by atoms with Gasteiger partial charge in [0.05, 0.1) is 18.1 Å². The molecule has 5 atom stereocenters. The summed E-state index contributed by atoms with van der Waals surface area (Å²) in [7, 11) is 1.75. The van der Waals surface area contributed by atoms with Gasteiger partial charge in [0.25, 0.3) is 0 Å². The van der Waals surface area contributed by atoms with Crippen LogP contribution in [0, 0.1) is 0 Å². The second-order valence-electron chi connectivity index (χ2n) is 14.6. The molecule has 1 N–H and O–H groups in total. The number of benzene rings is 3. The number of nitrogens with zero attached hydrogens (tertiary/aromatic N) is 2. The Morgan fingerprint density at radius 2 is 1.55 bits per heavy atom. The molecule has 2 heterocycles. The molecule has 2 aliphatic carbocycles. The molecule has 0 amide bonds. The first-order chi connectivity index (χ1) is 23.1. The van der Waals surface area contributed by atoms with Crippen molar-refractivity contribution in [3.05, 3.63) is 108 Å². The quantitative estimate of drug-likeness (QED) is 0.130. The number of methoxy groups -OCH3 is 1. The van der Waals surface area contributed by atoms with Crippen molar-refractivity contribution in [2.45, 2.75) is 106 Å². The molecule has 250 valence electrons. The molecule has 2 bridgehead atoms. The molecular weight excluding hydrogens is 580 g/mol. The van der Waals surface area contributed by atoms with Gasteiger partial charge in [0.2, 0.25) is 0 Å². The fourth-order valence-electron chi connectivity index (χ4n) is 9.89. The lowest BCUT2D eigenvalue weighted by molar-refractivity contribution is -0.198. The second-order valence-corrected chi connectivity index (χ2v) is 14.6. The smallest absolute Gasteiger partial charge is 0.165 e. The van der Waals surface area contributed by atoms with Crippen molar-refractivity contribution in [2.24, 2.45) is 0 Å². The Hall–Kier alpha value is -3.12. The first-order valence-electron chi connectivity index (χ1n) is 18.4. The number of hydrogen-bond acceptors (Lipinski definition) is 5. The molecule has 1 spiro atoms. The van der Waals surface area contributed by atoms with Crippen LogP contribution in [0.4, 0.5) is 0 Å². The van der Waals surface area contributed by atoms with Gasteiger partial charge in [-0.3, -0.25) is 9.80 Å². The van der Waals surface area contributed by atoms with Crippen molar-refractivity contribution in [3.8, 4) is 11.5 Å². The third-order valence-electron chi connectivity index (χ3n) is 12.1. The van der Waals surface area contributed by atoms with Crippen LogP contribution in [0.25, 0.3) is 0 Å². The van der Waals surface area contributed by atoms with Crippen molar-refractivity contribution in [2.75, 3.05) is 33.3 Å². The van der Waals surface area contributed by atoms with Gasteiger partial charge in [-0.05, 0) is 107 Å².